The topological polar surface area (TPSA) is 133 Å². The number of carbonyl (C=O) groups is 1. The number of carbonyl (C=O) groups excluding carboxylic acids is 1. The highest BCUT2D eigenvalue weighted by molar-refractivity contribution is 5.97. The van der Waals surface area contributed by atoms with Crippen LogP contribution in [0.4, 0.5) is 5.82 Å². The maximum atomic E-state index is 11.3. The standard InChI is InChI=1S/C15H18N4O5/c1-23-11(22)3-2-8-5-19(14-12(8)13(16)17-7-18-14)15-10(21)4-9(6-20)24-15/h2-3,5,7,9-10,15,20-21H,4,6H2,1H3,(H2,16,17,18)/t9-,10+,15?/m0/s1. The Morgan fingerprint density at radius 2 is 2.38 bits per heavy atom. The fraction of sp³-hybridized carbons (Fsp3) is 0.400. The van der Waals surface area contributed by atoms with Crippen molar-refractivity contribution >= 4 is 28.9 Å². The molecule has 2 aromatic rings. The maximum Gasteiger partial charge on any atom is 0.330 e. The van der Waals surface area contributed by atoms with Gasteiger partial charge in [-0.15, -0.1) is 0 Å². The molecule has 0 bridgehead atoms. The van der Waals surface area contributed by atoms with E-state index in [0.29, 0.717) is 23.0 Å². The van der Waals surface area contributed by atoms with Crippen molar-refractivity contribution in [1.29, 1.82) is 0 Å². The Balaban J connectivity index is 2.08. The summed E-state index contributed by atoms with van der Waals surface area (Å²) < 4.78 is 11.9. The highest BCUT2D eigenvalue weighted by Gasteiger charge is 2.36. The molecule has 1 unspecified atom stereocenters. The third-order valence-corrected chi connectivity index (χ3v) is 3.91. The smallest absolute Gasteiger partial charge is 0.330 e. The van der Waals surface area contributed by atoms with E-state index in [4.69, 9.17) is 10.5 Å². The van der Waals surface area contributed by atoms with Gasteiger partial charge < -0.3 is 30.0 Å². The summed E-state index contributed by atoms with van der Waals surface area (Å²) in [5.74, 6) is -0.265. The Bertz CT molecular complexity index is 788. The van der Waals surface area contributed by atoms with Crippen molar-refractivity contribution in [2.24, 2.45) is 0 Å². The van der Waals surface area contributed by atoms with Gasteiger partial charge >= 0.3 is 5.97 Å². The van der Waals surface area contributed by atoms with Gasteiger partial charge in [0.25, 0.3) is 0 Å². The van der Waals surface area contributed by atoms with Gasteiger partial charge in [-0.2, -0.15) is 0 Å². The molecule has 128 valence electrons. The Morgan fingerprint density at radius 1 is 1.58 bits per heavy atom. The molecule has 0 amide bonds. The average Bonchev–Trinajstić information content (AvgIpc) is 3.13. The van der Waals surface area contributed by atoms with Crippen LogP contribution in [0.2, 0.25) is 0 Å². The molecule has 0 saturated carbocycles. The molecule has 1 aliphatic rings. The molecular formula is C15H18N4O5. The quantitative estimate of drug-likeness (QED) is 0.519. The van der Waals surface area contributed by atoms with E-state index < -0.39 is 24.4 Å². The number of aliphatic hydroxyl groups is 2. The summed E-state index contributed by atoms with van der Waals surface area (Å²) in [6.45, 7) is -0.182. The van der Waals surface area contributed by atoms with Gasteiger partial charge in [-0.05, 0) is 6.08 Å². The summed E-state index contributed by atoms with van der Waals surface area (Å²) in [7, 11) is 1.28. The number of aliphatic hydroxyl groups excluding tert-OH is 2. The van der Waals surface area contributed by atoms with E-state index in [1.807, 2.05) is 0 Å². The van der Waals surface area contributed by atoms with Gasteiger partial charge in [-0.25, -0.2) is 14.8 Å². The minimum Gasteiger partial charge on any atom is -0.466 e. The monoisotopic (exact) mass is 334 g/mol. The van der Waals surface area contributed by atoms with Gasteiger partial charge in [0.2, 0.25) is 0 Å². The predicted molar refractivity (Wildman–Crippen MR) is 84.6 cm³/mol. The zero-order valence-corrected chi connectivity index (χ0v) is 13.0. The Labute approximate surface area is 137 Å². The van der Waals surface area contributed by atoms with E-state index in [9.17, 15) is 15.0 Å². The number of esters is 1. The summed E-state index contributed by atoms with van der Waals surface area (Å²) in [5, 5.41) is 20.0. The van der Waals surface area contributed by atoms with Crippen LogP contribution in [0.5, 0.6) is 0 Å². The second-order valence-corrected chi connectivity index (χ2v) is 5.44. The third kappa shape index (κ3) is 2.84. The Morgan fingerprint density at radius 3 is 3.04 bits per heavy atom. The number of methoxy groups -OCH3 is 1. The zero-order chi connectivity index (χ0) is 17.3. The number of aromatic nitrogens is 3. The van der Waals surface area contributed by atoms with Gasteiger partial charge in [0.15, 0.2) is 6.23 Å². The first-order valence-corrected chi connectivity index (χ1v) is 7.36. The molecule has 2 aromatic heterocycles. The van der Waals surface area contributed by atoms with Crippen LogP contribution in [0.15, 0.2) is 18.6 Å². The summed E-state index contributed by atoms with van der Waals surface area (Å²) in [6.07, 6.45) is 4.13. The van der Waals surface area contributed by atoms with Crippen molar-refractivity contribution in [2.45, 2.75) is 24.9 Å². The molecule has 0 aromatic carbocycles. The van der Waals surface area contributed by atoms with Crippen molar-refractivity contribution in [2.75, 3.05) is 19.5 Å². The van der Waals surface area contributed by atoms with Crippen LogP contribution in [0.3, 0.4) is 0 Å². The number of hydrogen-bond acceptors (Lipinski definition) is 8. The lowest BCUT2D eigenvalue weighted by Crippen LogP contribution is -2.19. The highest BCUT2D eigenvalue weighted by atomic mass is 16.5. The van der Waals surface area contributed by atoms with E-state index in [0.717, 1.165) is 0 Å². The van der Waals surface area contributed by atoms with Gasteiger partial charge in [-0.1, -0.05) is 0 Å². The zero-order valence-electron chi connectivity index (χ0n) is 13.0. The first-order valence-electron chi connectivity index (χ1n) is 7.36. The lowest BCUT2D eigenvalue weighted by molar-refractivity contribution is -0.134. The van der Waals surface area contributed by atoms with Crippen molar-refractivity contribution < 1.29 is 24.5 Å². The van der Waals surface area contributed by atoms with Crippen molar-refractivity contribution in [3.8, 4) is 0 Å². The van der Waals surface area contributed by atoms with Crippen LogP contribution in [-0.2, 0) is 14.3 Å². The number of nitrogen functional groups attached to an aromatic ring is 1. The molecule has 9 heteroatoms. The fourth-order valence-electron chi connectivity index (χ4n) is 2.78. The second-order valence-electron chi connectivity index (χ2n) is 5.44. The fourth-order valence-corrected chi connectivity index (χ4v) is 2.78. The number of ether oxygens (including phenoxy) is 2. The van der Waals surface area contributed by atoms with Gasteiger partial charge in [0, 0.05) is 24.3 Å². The molecule has 4 N–H and O–H groups in total. The molecule has 3 heterocycles. The first kappa shape index (κ1) is 16.4. The molecule has 3 rings (SSSR count). The number of nitrogens with zero attached hydrogens (tertiary/aromatic N) is 3. The molecule has 24 heavy (non-hydrogen) atoms. The van der Waals surface area contributed by atoms with Gasteiger partial charge in [-0.3, -0.25) is 0 Å². The van der Waals surface area contributed by atoms with Gasteiger partial charge in [0.05, 0.1) is 25.2 Å². The molecule has 1 aliphatic heterocycles. The van der Waals surface area contributed by atoms with E-state index in [1.165, 1.54) is 25.6 Å². The number of fused-ring (bicyclic) bond motifs is 1. The lowest BCUT2D eigenvalue weighted by Gasteiger charge is -2.17. The average molecular weight is 334 g/mol. The van der Waals surface area contributed by atoms with E-state index in [2.05, 4.69) is 14.7 Å². The van der Waals surface area contributed by atoms with Crippen molar-refractivity contribution in [1.82, 2.24) is 14.5 Å². The largest absolute Gasteiger partial charge is 0.466 e. The van der Waals surface area contributed by atoms with E-state index in [-0.39, 0.29) is 12.4 Å². The minimum atomic E-state index is -0.800. The van der Waals surface area contributed by atoms with Crippen LogP contribution in [-0.4, -0.2) is 56.6 Å². The number of nitrogens with two attached hydrogens (primary N) is 1. The molecular weight excluding hydrogens is 316 g/mol. The molecule has 9 nitrogen and oxygen atoms in total. The minimum absolute atomic E-state index is 0.182. The summed E-state index contributed by atoms with van der Waals surface area (Å²) in [6, 6.07) is 0. The van der Waals surface area contributed by atoms with Crippen molar-refractivity contribution in [3.63, 3.8) is 0 Å². The van der Waals surface area contributed by atoms with Crippen LogP contribution >= 0.6 is 0 Å². The molecule has 0 radical (unpaired) electrons. The van der Waals surface area contributed by atoms with Crippen LogP contribution < -0.4 is 5.73 Å². The molecule has 1 saturated heterocycles. The van der Waals surface area contributed by atoms with Crippen molar-refractivity contribution in [3.05, 3.63) is 24.2 Å². The van der Waals surface area contributed by atoms with Gasteiger partial charge in [0.1, 0.15) is 23.9 Å². The first-order chi connectivity index (χ1) is 11.5. The summed E-state index contributed by atoms with van der Waals surface area (Å²) in [4.78, 5) is 19.5. The van der Waals surface area contributed by atoms with E-state index >= 15 is 0 Å². The SMILES string of the molecule is COC(=O)C=Cc1cn(C2O[C@H](CO)C[C@H]2O)c2ncnc(N)c12. The van der Waals surface area contributed by atoms with Crippen LogP contribution in [0.25, 0.3) is 17.1 Å². The number of rotatable bonds is 4. The molecule has 0 spiro atoms. The molecule has 0 aliphatic carbocycles. The summed E-state index contributed by atoms with van der Waals surface area (Å²) >= 11 is 0. The molecule has 1 fully saturated rings. The maximum absolute atomic E-state index is 11.3. The molecule has 3 atom stereocenters. The lowest BCUT2D eigenvalue weighted by atomic mass is 10.2. The predicted octanol–water partition coefficient (Wildman–Crippen LogP) is -0.160. The Kier molecular flexibility index (Phi) is 4.47. The van der Waals surface area contributed by atoms with E-state index in [1.54, 1.807) is 10.8 Å². The highest BCUT2D eigenvalue weighted by Crippen LogP contribution is 2.34. The van der Waals surface area contributed by atoms with Crippen LogP contribution in [0.1, 0.15) is 18.2 Å². The normalized spacial score (nSPS) is 24.0. The third-order valence-electron chi connectivity index (χ3n) is 3.91. The Hall–Kier alpha value is -2.49. The number of hydrogen-bond donors (Lipinski definition) is 3. The summed E-state index contributed by atoms with van der Waals surface area (Å²) in [5.41, 5.74) is 7.00. The van der Waals surface area contributed by atoms with Crippen LogP contribution in [0, 0.1) is 0 Å². The number of anilines is 1. The second kappa shape index (κ2) is 6.56.